The lowest BCUT2D eigenvalue weighted by Gasteiger charge is -2.36. The quantitative estimate of drug-likeness (QED) is 0.199. The summed E-state index contributed by atoms with van der Waals surface area (Å²) in [5.74, 6) is 2.11. The molecule has 13 nitrogen and oxygen atoms in total. The van der Waals surface area contributed by atoms with E-state index < -0.39 is 0 Å². The summed E-state index contributed by atoms with van der Waals surface area (Å²) in [4.78, 5) is 41.4. The average Bonchev–Trinajstić information content (AvgIpc) is 3.46. The number of aryl methyl sites for hydroxylation is 1. The number of anilines is 6. The van der Waals surface area contributed by atoms with Gasteiger partial charge in [0.15, 0.2) is 5.82 Å². The Labute approximate surface area is 265 Å². The van der Waals surface area contributed by atoms with Gasteiger partial charge in [-0.1, -0.05) is 30.3 Å². The summed E-state index contributed by atoms with van der Waals surface area (Å²) in [6.07, 6.45) is 6.25. The van der Waals surface area contributed by atoms with E-state index in [0.29, 0.717) is 65.6 Å². The molecule has 3 heterocycles. The number of benzene rings is 2. The zero-order valence-electron chi connectivity index (χ0n) is 25.2. The molecule has 0 saturated carbocycles. The summed E-state index contributed by atoms with van der Waals surface area (Å²) in [6.45, 7) is 7.73. The highest BCUT2D eigenvalue weighted by molar-refractivity contribution is 6.33. The molecule has 1 fully saturated rings. The van der Waals surface area contributed by atoms with Crippen LogP contribution in [0, 0.1) is 0 Å². The van der Waals surface area contributed by atoms with Gasteiger partial charge in [-0.25, -0.2) is 9.97 Å². The lowest BCUT2D eigenvalue weighted by atomic mass is 10.1. The van der Waals surface area contributed by atoms with E-state index >= 15 is 0 Å². The smallest absolute Gasteiger partial charge is 0.247 e. The summed E-state index contributed by atoms with van der Waals surface area (Å²) in [5.41, 5.74) is 2.44. The third kappa shape index (κ3) is 7.44. The summed E-state index contributed by atoms with van der Waals surface area (Å²) in [7, 11) is 3.46. The molecule has 2 aromatic carbocycles. The van der Waals surface area contributed by atoms with Crippen LogP contribution in [0.2, 0.25) is 5.02 Å². The molecule has 0 atom stereocenters. The third-order valence-electron chi connectivity index (χ3n) is 7.24. The Bertz CT molecular complexity index is 1700. The Morgan fingerprint density at radius 1 is 1.04 bits per heavy atom. The summed E-state index contributed by atoms with van der Waals surface area (Å²) < 4.78 is 13.6. The van der Waals surface area contributed by atoms with Crippen molar-refractivity contribution in [1.29, 1.82) is 0 Å². The molecule has 0 spiro atoms. The third-order valence-corrected chi connectivity index (χ3v) is 7.51. The van der Waals surface area contributed by atoms with E-state index in [9.17, 15) is 9.59 Å². The van der Waals surface area contributed by atoms with Crippen LogP contribution in [0.4, 0.5) is 34.5 Å². The van der Waals surface area contributed by atoms with Gasteiger partial charge in [0.2, 0.25) is 17.8 Å². The number of halogens is 1. The van der Waals surface area contributed by atoms with Gasteiger partial charge >= 0.3 is 0 Å². The molecule has 234 valence electrons. The second-order valence-electron chi connectivity index (χ2n) is 10.1. The fraction of sp³-hybridized carbons (Fsp3) is 0.258. The van der Waals surface area contributed by atoms with Gasteiger partial charge in [0.05, 0.1) is 36.1 Å². The van der Waals surface area contributed by atoms with Gasteiger partial charge in [-0.05, 0) is 24.3 Å². The minimum absolute atomic E-state index is 0.0317. The molecular weight excluding hydrogens is 598 g/mol. The summed E-state index contributed by atoms with van der Waals surface area (Å²) >= 11 is 6.49. The molecule has 4 aromatic rings. The second kappa shape index (κ2) is 14.0. The van der Waals surface area contributed by atoms with E-state index in [1.54, 1.807) is 31.2 Å². The normalized spacial score (nSPS) is 12.8. The molecule has 1 saturated heterocycles. The van der Waals surface area contributed by atoms with Gasteiger partial charge in [-0.15, -0.1) is 0 Å². The minimum atomic E-state index is -0.368. The number of rotatable bonds is 11. The van der Waals surface area contributed by atoms with Crippen molar-refractivity contribution < 1.29 is 19.1 Å². The largest absolute Gasteiger partial charge is 0.494 e. The van der Waals surface area contributed by atoms with Crippen LogP contribution in [0.3, 0.4) is 0 Å². The van der Waals surface area contributed by atoms with Crippen molar-refractivity contribution in [3.8, 4) is 11.5 Å². The molecule has 1 aliphatic heterocycles. The number of carbonyl (C=O) groups excluding carboxylic acids is 2. The molecule has 0 radical (unpaired) electrons. The van der Waals surface area contributed by atoms with Crippen molar-refractivity contribution in [2.75, 3.05) is 54.1 Å². The Kier molecular flexibility index (Phi) is 9.68. The zero-order valence-corrected chi connectivity index (χ0v) is 26.0. The number of aromatic nitrogens is 4. The standard InChI is InChI=1S/C31H34ClN9O4/c1-5-29(43)35-23-16-24(27(44-4)17-25(23)41-14-12-40(13-15-41)20(2)42)37-31-34-18-21(32)30(38-31)36-22-8-6-7-9-26(22)45-19-28-33-10-11-39(28)3/h5-11,16-18H,1,12-15,19H2,2-4H3,(H,35,43)(H2,34,36,37,38). The predicted octanol–water partition coefficient (Wildman–Crippen LogP) is 4.73. The molecule has 1 aliphatic rings. The molecular formula is C31H34ClN9O4. The predicted molar refractivity (Wildman–Crippen MR) is 174 cm³/mol. The van der Waals surface area contributed by atoms with E-state index in [1.165, 1.54) is 12.3 Å². The van der Waals surface area contributed by atoms with Gasteiger partial charge < -0.3 is 39.8 Å². The maximum Gasteiger partial charge on any atom is 0.247 e. The number of amides is 2. The maximum absolute atomic E-state index is 12.4. The number of methoxy groups -OCH3 is 1. The Balaban J connectivity index is 1.40. The number of hydrogen-bond acceptors (Lipinski definition) is 10. The number of nitrogens with zero attached hydrogens (tertiary/aromatic N) is 6. The fourth-order valence-electron chi connectivity index (χ4n) is 4.78. The van der Waals surface area contributed by atoms with Gasteiger partial charge in [0, 0.05) is 58.6 Å². The SMILES string of the molecule is C=CC(=O)Nc1cc(Nc2ncc(Cl)c(Nc3ccccc3OCc3nccn3C)n2)c(OC)cc1N1CCN(C(C)=O)CC1. The van der Waals surface area contributed by atoms with Crippen molar-refractivity contribution in [1.82, 2.24) is 24.4 Å². The molecule has 2 amide bonds. The van der Waals surface area contributed by atoms with Crippen LogP contribution in [0.15, 0.2) is 67.6 Å². The van der Waals surface area contributed by atoms with E-state index in [0.717, 1.165) is 11.5 Å². The highest BCUT2D eigenvalue weighted by atomic mass is 35.5. The fourth-order valence-corrected chi connectivity index (χ4v) is 4.92. The number of carbonyl (C=O) groups is 2. The van der Waals surface area contributed by atoms with E-state index in [2.05, 4.69) is 42.4 Å². The molecule has 3 N–H and O–H groups in total. The topological polar surface area (TPSA) is 139 Å². The second-order valence-corrected chi connectivity index (χ2v) is 10.5. The highest BCUT2D eigenvalue weighted by Crippen LogP contribution is 2.39. The van der Waals surface area contributed by atoms with Crippen molar-refractivity contribution in [3.05, 3.63) is 78.5 Å². The van der Waals surface area contributed by atoms with Crippen molar-refractivity contribution in [2.24, 2.45) is 7.05 Å². The summed E-state index contributed by atoms with van der Waals surface area (Å²) in [6, 6.07) is 11.0. The molecule has 0 aliphatic carbocycles. The van der Waals surface area contributed by atoms with Crippen LogP contribution in [-0.2, 0) is 23.2 Å². The van der Waals surface area contributed by atoms with Crippen LogP contribution in [0.5, 0.6) is 11.5 Å². The Morgan fingerprint density at radius 2 is 1.82 bits per heavy atom. The van der Waals surface area contributed by atoms with Gasteiger partial charge in [0.1, 0.15) is 29.0 Å². The van der Waals surface area contributed by atoms with Gasteiger partial charge in [0.25, 0.3) is 0 Å². The summed E-state index contributed by atoms with van der Waals surface area (Å²) in [5, 5.41) is 9.61. The van der Waals surface area contributed by atoms with Gasteiger partial charge in [-0.3, -0.25) is 9.59 Å². The number of ether oxygens (including phenoxy) is 2. The Hall–Kier alpha value is -5.30. The van der Waals surface area contributed by atoms with Crippen LogP contribution >= 0.6 is 11.6 Å². The van der Waals surface area contributed by atoms with Crippen molar-refractivity contribution in [3.63, 3.8) is 0 Å². The number of para-hydroxylation sites is 2. The van der Waals surface area contributed by atoms with Crippen molar-refractivity contribution >= 4 is 57.9 Å². The Morgan fingerprint density at radius 3 is 2.51 bits per heavy atom. The first-order valence-corrected chi connectivity index (χ1v) is 14.5. The molecule has 45 heavy (non-hydrogen) atoms. The molecule has 5 rings (SSSR count). The molecule has 14 heteroatoms. The first-order valence-electron chi connectivity index (χ1n) is 14.2. The van der Waals surface area contributed by atoms with E-state index in [1.807, 2.05) is 48.1 Å². The number of nitrogens with one attached hydrogen (secondary N) is 3. The van der Waals surface area contributed by atoms with E-state index in [4.69, 9.17) is 21.1 Å². The molecule has 0 unspecified atom stereocenters. The van der Waals surface area contributed by atoms with Crippen molar-refractivity contribution in [2.45, 2.75) is 13.5 Å². The lowest BCUT2D eigenvalue weighted by molar-refractivity contribution is -0.129. The molecule has 2 aromatic heterocycles. The van der Waals surface area contributed by atoms with Crippen LogP contribution in [-0.4, -0.2) is 69.5 Å². The number of imidazole rings is 1. The van der Waals surface area contributed by atoms with Crippen LogP contribution in [0.1, 0.15) is 12.7 Å². The minimum Gasteiger partial charge on any atom is -0.494 e. The number of piperazine rings is 1. The van der Waals surface area contributed by atoms with Gasteiger partial charge in [-0.2, -0.15) is 4.98 Å². The zero-order chi connectivity index (χ0) is 31.9. The average molecular weight is 632 g/mol. The first-order chi connectivity index (χ1) is 21.7. The first kappa shape index (κ1) is 31.1. The van der Waals surface area contributed by atoms with E-state index in [-0.39, 0.29) is 24.4 Å². The van der Waals surface area contributed by atoms with Crippen LogP contribution < -0.4 is 30.3 Å². The van der Waals surface area contributed by atoms with Crippen LogP contribution in [0.25, 0.3) is 0 Å². The molecule has 0 bridgehead atoms. The number of hydrogen-bond donors (Lipinski definition) is 3. The lowest BCUT2D eigenvalue weighted by Crippen LogP contribution is -2.48. The monoisotopic (exact) mass is 631 g/mol. The highest BCUT2D eigenvalue weighted by Gasteiger charge is 2.23. The maximum atomic E-state index is 12.4.